The number of aliphatic hydroxyl groups excluding tert-OH is 1. The predicted molar refractivity (Wildman–Crippen MR) is 68.0 cm³/mol. The van der Waals surface area contributed by atoms with Crippen LogP contribution < -0.4 is 14.8 Å². The molecular formula is C13H20N2O3. The van der Waals surface area contributed by atoms with Crippen LogP contribution in [0.25, 0.3) is 0 Å². The average Bonchev–Trinajstić information content (AvgIpc) is 2.91. The van der Waals surface area contributed by atoms with Crippen LogP contribution in [0.5, 0.6) is 11.6 Å². The fraction of sp³-hybridized carbons (Fsp3) is 0.615. The van der Waals surface area contributed by atoms with Gasteiger partial charge in [0.05, 0.1) is 13.2 Å². The highest BCUT2D eigenvalue weighted by Gasteiger charge is 2.14. The standard InChI is InChI=1S/C13H20N2O3/c16-8-10-17-12-4-2-7-15-13(12)18-9-5-11-3-1-6-14-11/h2,4,7,11,14,16H,1,3,5-6,8-10H2. The highest BCUT2D eigenvalue weighted by Crippen LogP contribution is 2.23. The van der Waals surface area contributed by atoms with Gasteiger partial charge in [-0.3, -0.25) is 0 Å². The Labute approximate surface area is 107 Å². The minimum atomic E-state index is -0.0136. The minimum Gasteiger partial charge on any atom is -0.486 e. The molecule has 18 heavy (non-hydrogen) atoms. The van der Waals surface area contributed by atoms with E-state index in [9.17, 15) is 0 Å². The van der Waals surface area contributed by atoms with Crippen molar-refractivity contribution in [1.29, 1.82) is 0 Å². The summed E-state index contributed by atoms with van der Waals surface area (Å²) in [6.07, 6.45) is 5.13. The molecule has 5 heteroatoms. The van der Waals surface area contributed by atoms with Crippen molar-refractivity contribution in [2.45, 2.75) is 25.3 Å². The van der Waals surface area contributed by atoms with Gasteiger partial charge in [0.2, 0.25) is 0 Å². The van der Waals surface area contributed by atoms with Crippen molar-refractivity contribution in [1.82, 2.24) is 10.3 Å². The smallest absolute Gasteiger partial charge is 0.256 e. The van der Waals surface area contributed by atoms with Crippen molar-refractivity contribution in [3.8, 4) is 11.6 Å². The van der Waals surface area contributed by atoms with Gasteiger partial charge in [0, 0.05) is 12.2 Å². The van der Waals surface area contributed by atoms with E-state index < -0.39 is 0 Å². The van der Waals surface area contributed by atoms with E-state index >= 15 is 0 Å². The van der Waals surface area contributed by atoms with Gasteiger partial charge in [-0.05, 0) is 37.9 Å². The third kappa shape index (κ3) is 3.85. The van der Waals surface area contributed by atoms with E-state index in [1.807, 2.05) is 0 Å². The Morgan fingerprint density at radius 2 is 2.33 bits per heavy atom. The van der Waals surface area contributed by atoms with E-state index in [0.29, 0.717) is 24.3 Å². The summed E-state index contributed by atoms with van der Waals surface area (Å²) in [6, 6.07) is 4.15. The number of aliphatic hydroxyl groups is 1. The van der Waals surface area contributed by atoms with E-state index in [1.54, 1.807) is 18.3 Å². The summed E-state index contributed by atoms with van der Waals surface area (Å²) < 4.78 is 11.0. The zero-order chi connectivity index (χ0) is 12.6. The van der Waals surface area contributed by atoms with Crippen molar-refractivity contribution >= 4 is 0 Å². The summed E-state index contributed by atoms with van der Waals surface area (Å²) >= 11 is 0. The Morgan fingerprint density at radius 1 is 1.39 bits per heavy atom. The van der Waals surface area contributed by atoms with Crippen LogP contribution in [0.3, 0.4) is 0 Å². The molecule has 0 saturated carbocycles. The van der Waals surface area contributed by atoms with E-state index in [1.165, 1.54) is 12.8 Å². The molecule has 100 valence electrons. The van der Waals surface area contributed by atoms with Gasteiger partial charge in [-0.1, -0.05) is 0 Å². The van der Waals surface area contributed by atoms with Crippen LogP contribution in [-0.2, 0) is 0 Å². The molecule has 1 atom stereocenters. The van der Waals surface area contributed by atoms with Gasteiger partial charge in [0.1, 0.15) is 6.61 Å². The zero-order valence-electron chi connectivity index (χ0n) is 10.5. The molecule has 1 saturated heterocycles. The Kier molecular flexibility index (Phi) is 5.23. The first-order valence-corrected chi connectivity index (χ1v) is 6.45. The molecule has 1 fully saturated rings. The normalized spacial score (nSPS) is 18.8. The van der Waals surface area contributed by atoms with Crippen LogP contribution in [0.2, 0.25) is 0 Å². The highest BCUT2D eigenvalue weighted by molar-refractivity contribution is 5.32. The van der Waals surface area contributed by atoms with Crippen molar-refractivity contribution in [3.05, 3.63) is 18.3 Å². The van der Waals surface area contributed by atoms with Gasteiger partial charge >= 0.3 is 0 Å². The number of hydrogen-bond acceptors (Lipinski definition) is 5. The van der Waals surface area contributed by atoms with Gasteiger partial charge in [-0.2, -0.15) is 0 Å². The van der Waals surface area contributed by atoms with Crippen LogP contribution in [0, 0.1) is 0 Å². The monoisotopic (exact) mass is 252 g/mol. The largest absolute Gasteiger partial charge is 0.486 e. The second-order valence-corrected chi connectivity index (χ2v) is 4.31. The lowest BCUT2D eigenvalue weighted by molar-refractivity contribution is 0.190. The molecule has 0 aromatic carbocycles. The highest BCUT2D eigenvalue weighted by atomic mass is 16.5. The number of rotatable bonds is 7. The van der Waals surface area contributed by atoms with Crippen molar-refractivity contribution in [3.63, 3.8) is 0 Å². The molecular weight excluding hydrogens is 232 g/mol. The number of pyridine rings is 1. The number of hydrogen-bond donors (Lipinski definition) is 2. The van der Waals surface area contributed by atoms with E-state index in [4.69, 9.17) is 14.6 Å². The van der Waals surface area contributed by atoms with Crippen LogP contribution in [0.15, 0.2) is 18.3 Å². The van der Waals surface area contributed by atoms with Gasteiger partial charge in [-0.15, -0.1) is 0 Å². The summed E-state index contributed by atoms with van der Waals surface area (Å²) in [5, 5.41) is 12.2. The predicted octanol–water partition coefficient (Wildman–Crippen LogP) is 0.974. The number of aromatic nitrogens is 1. The third-order valence-electron chi connectivity index (χ3n) is 2.95. The van der Waals surface area contributed by atoms with Crippen LogP contribution in [0.1, 0.15) is 19.3 Å². The first-order valence-electron chi connectivity index (χ1n) is 6.45. The molecule has 1 aliphatic heterocycles. The van der Waals surface area contributed by atoms with Gasteiger partial charge in [-0.25, -0.2) is 4.98 Å². The number of nitrogens with zero attached hydrogens (tertiary/aromatic N) is 1. The lowest BCUT2D eigenvalue weighted by Crippen LogP contribution is -2.23. The first-order chi connectivity index (χ1) is 8.90. The molecule has 1 aromatic rings. The molecule has 1 aliphatic rings. The molecule has 0 spiro atoms. The van der Waals surface area contributed by atoms with Crippen molar-refractivity contribution in [2.75, 3.05) is 26.4 Å². The molecule has 2 heterocycles. The van der Waals surface area contributed by atoms with Crippen molar-refractivity contribution < 1.29 is 14.6 Å². The summed E-state index contributed by atoms with van der Waals surface area (Å²) in [5.74, 6) is 1.09. The molecule has 0 radical (unpaired) electrons. The van der Waals surface area contributed by atoms with Crippen LogP contribution >= 0.6 is 0 Å². The number of nitrogens with one attached hydrogen (secondary N) is 1. The topological polar surface area (TPSA) is 63.6 Å². The van der Waals surface area contributed by atoms with Gasteiger partial charge in [0.25, 0.3) is 5.88 Å². The zero-order valence-corrected chi connectivity index (χ0v) is 10.5. The first kappa shape index (κ1) is 13.1. The fourth-order valence-corrected chi connectivity index (χ4v) is 2.05. The Bertz CT molecular complexity index is 354. The molecule has 2 N–H and O–H groups in total. The average molecular weight is 252 g/mol. The molecule has 2 rings (SSSR count). The second kappa shape index (κ2) is 7.18. The van der Waals surface area contributed by atoms with E-state index in [0.717, 1.165) is 13.0 Å². The molecule has 0 bridgehead atoms. The minimum absolute atomic E-state index is 0.0136. The van der Waals surface area contributed by atoms with Gasteiger partial charge in [0.15, 0.2) is 5.75 Å². The van der Waals surface area contributed by atoms with E-state index in [-0.39, 0.29) is 13.2 Å². The lowest BCUT2D eigenvalue weighted by Gasteiger charge is -2.13. The molecule has 0 amide bonds. The second-order valence-electron chi connectivity index (χ2n) is 4.31. The Morgan fingerprint density at radius 3 is 3.11 bits per heavy atom. The molecule has 1 unspecified atom stereocenters. The summed E-state index contributed by atoms with van der Waals surface area (Å²) in [7, 11) is 0. The summed E-state index contributed by atoms with van der Waals surface area (Å²) in [6.45, 7) is 1.98. The lowest BCUT2D eigenvalue weighted by atomic mass is 10.2. The third-order valence-corrected chi connectivity index (χ3v) is 2.95. The summed E-state index contributed by atoms with van der Waals surface area (Å²) in [4.78, 5) is 4.15. The quantitative estimate of drug-likeness (QED) is 0.757. The van der Waals surface area contributed by atoms with Crippen LogP contribution in [-0.4, -0.2) is 42.5 Å². The Balaban J connectivity index is 1.79. The summed E-state index contributed by atoms with van der Waals surface area (Å²) in [5.41, 5.74) is 0. The maximum absolute atomic E-state index is 8.74. The molecule has 1 aromatic heterocycles. The van der Waals surface area contributed by atoms with Gasteiger partial charge < -0.3 is 19.9 Å². The van der Waals surface area contributed by atoms with E-state index in [2.05, 4.69) is 10.3 Å². The maximum Gasteiger partial charge on any atom is 0.256 e. The SMILES string of the molecule is OCCOc1cccnc1OCCC1CCCN1. The number of ether oxygens (including phenoxy) is 2. The fourth-order valence-electron chi connectivity index (χ4n) is 2.05. The maximum atomic E-state index is 8.74. The molecule has 5 nitrogen and oxygen atoms in total. The Hall–Kier alpha value is -1.33. The van der Waals surface area contributed by atoms with Crippen molar-refractivity contribution in [2.24, 2.45) is 0 Å². The molecule has 0 aliphatic carbocycles. The van der Waals surface area contributed by atoms with Crippen LogP contribution in [0.4, 0.5) is 0 Å².